The molecule has 1 atom stereocenters. The first-order valence-corrected chi connectivity index (χ1v) is 18.1. The number of aryl methyl sites for hydroxylation is 2. The highest BCUT2D eigenvalue weighted by Gasteiger charge is 2.46. The second kappa shape index (κ2) is 13.1. The van der Waals surface area contributed by atoms with Crippen molar-refractivity contribution in [2.75, 3.05) is 0 Å². The smallest absolute Gasteiger partial charge is 0.0651 e. The highest BCUT2D eigenvalue weighted by molar-refractivity contribution is 9.10. The van der Waals surface area contributed by atoms with Crippen LogP contribution in [0, 0.1) is 0 Å². The van der Waals surface area contributed by atoms with E-state index in [-0.39, 0.29) is 5.92 Å². The molecule has 0 N–H and O–H groups in total. The molecule has 0 bridgehead atoms. The van der Waals surface area contributed by atoms with E-state index >= 15 is 0 Å². The molecule has 0 saturated heterocycles. The van der Waals surface area contributed by atoms with E-state index in [9.17, 15) is 0 Å². The zero-order valence-corrected chi connectivity index (χ0v) is 29.0. The molecular weight excluding hydrogens is 644 g/mol. The van der Waals surface area contributed by atoms with Crippen molar-refractivity contribution < 1.29 is 0 Å². The molecule has 0 radical (unpaired) electrons. The summed E-state index contributed by atoms with van der Waals surface area (Å²) in [6.07, 6.45) is 4.26. The normalized spacial score (nSPS) is 13.6. The van der Waals surface area contributed by atoms with Crippen LogP contribution in [0.3, 0.4) is 0 Å². The van der Waals surface area contributed by atoms with Gasteiger partial charge in [0.25, 0.3) is 0 Å². The second-order valence-corrected chi connectivity index (χ2v) is 14.1. The molecule has 7 aromatic carbocycles. The molecule has 0 aliphatic heterocycles. The number of benzene rings is 7. The molecular formula is C47H39Br. The SMILES string of the molecule is CCCc1cccc2c(C(CCc3ccc(Br)cc3)c3ccc4c(c3)C(c3ccccc3)(c3ccccc3)c3ccccc3-4)cccc12. The number of halogens is 1. The van der Waals surface area contributed by atoms with Crippen molar-refractivity contribution in [1.29, 1.82) is 0 Å². The van der Waals surface area contributed by atoms with Gasteiger partial charge in [0.2, 0.25) is 0 Å². The first kappa shape index (κ1) is 30.6. The number of hydrogen-bond acceptors (Lipinski definition) is 0. The number of fused-ring (bicyclic) bond motifs is 4. The van der Waals surface area contributed by atoms with E-state index in [1.165, 1.54) is 66.4 Å². The summed E-state index contributed by atoms with van der Waals surface area (Å²) in [7, 11) is 0. The molecule has 1 aliphatic carbocycles. The van der Waals surface area contributed by atoms with E-state index in [0.29, 0.717) is 0 Å². The Kier molecular flexibility index (Phi) is 8.33. The quantitative estimate of drug-likeness (QED) is 0.142. The highest BCUT2D eigenvalue weighted by atomic mass is 79.9. The first-order valence-electron chi connectivity index (χ1n) is 17.3. The fourth-order valence-electron chi connectivity index (χ4n) is 8.33. The van der Waals surface area contributed by atoms with E-state index < -0.39 is 5.41 Å². The Balaban J connectivity index is 1.36. The monoisotopic (exact) mass is 682 g/mol. The van der Waals surface area contributed by atoms with Gasteiger partial charge in [-0.25, -0.2) is 0 Å². The molecule has 1 unspecified atom stereocenters. The first-order chi connectivity index (χ1) is 23.7. The molecule has 1 aliphatic rings. The molecule has 234 valence electrons. The van der Waals surface area contributed by atoms with Crippen LogP contribution >= 0.6 is 15.9 Å². The van der Waals surface area contributed by atoms with Crippen molar-refractivity contribution in [3.8, 4) is 11.1 Å². The van der Waals surface area contributed by atoms with Gasteiger partial charge in [-0.1, -0.05) is 181 Å². The Morgan fingerprint density at radius 3 is 1.92 bits per heavy atom. The molecule has 8 rings (SSSR count). The van der Waals surface area contributed by atoms with Crippen LogP contribution in [0.4, 0.5) is 0 Å². The predicted molar refractivity (Wildman–Crippen MR) is 206 cm³/mol. The van der Waals surface area contributed by atoms with E-state index in [2.05, 4.69) is 187 Å². The van der Waals surface area contributed by atoms with E-state index in [4.69, 9.17) is 0 Å². The zero-order valence-electron chi connectivity index (χ0n) is 27.4. The lowest BCUT2D eigenvalue weighted by molar-refractivity contribution is 0.712. The second-order valence-electron chi connectivity index (χ2n) is 13.2. The maximum atomic E-state index is 3.64. The third-order valence-electron chi connectivity index (χ3n) is 10.5. The van der Waals surface area contributed by atoms with Gasteiger partial charge >= 0.3 is 0 Å². The summed E-state index contributed by atoms with van der Waals surface area (Å²) in [6.45, 7) is 2.28. The summed E-state index contributed by atoms with van der Waals surface area (Å²) in [5, 5.41) is 2.77. The standard InChI is InChI=1S/C47H39Br/c1-2-13-34-14-11-21-41-39(34)20-12-22-42(41)40(30-26-33-24-28-38(48)29-25-33)35-27-31-44-43-19-9-10-23-45(43)47(46(44)32-35,36-15-5-3-6-16-36)37-17-7-4-8-18-37/h3-12,14-25,27-29,31-32,40H,2,13,26,30H2,1H3. The van der Waals surface area contributed by atoms with E-state index in [1.54, 1.807) is 0 Å². The van der Waals surface area contributed by atoms with Crippen LogP contribution in [-0.4, -0.2) is 0 Å². The van der Waals surface area contributed by atoms with Crippen LogP contribution in [0.5, 0.6) is 0 Å². The molecule has 48 heavy (non-hydrogen) atoms. The zero-order chi connectivity index (χ0) is 32.5. The Labute approximate surface area is 293 Å². The van der Waals surface area contributed by atoms with Gasteiger partial charge in [-0.15, -0.1) is 0 Å². The lowest BCUT2D eigenvalue weighted by Crippen LogP contribution is -2.28. The van der Waals surface area contributed by atoms with Crippen LogP contribution in [0.2, 0.25) is 0 Å². The predicted octanol–water partition coefficient (Wildman–Crippen LogP) is 12.7. The third kappa shape index (κ3) is 5.22. The van der Waals surface area contributed by atoms with Crippen LogP contribution in [0.15, 0.2) is 168 Å². The molecule has 1 heteroatoms. The van der Waals surface area contributed by atoms with Crippen molar-refractivity contribution in [2.45, 2.75) is 43.9 Å². The summed E-state index contributed by atoms with van der Waals surface area (Å²) in [5.41, 5.74) is 13.2. The molecule has 0 aromatic heterocycles. The highest BCUT2D eigenvalue weighted by Crippen LogP contribution is 2.56. The molecule has 0 fully saturated rings. The van der Waals surface area contributed by atoms with Crippen LogP contribution < -0.4 is 0 Å². The average molecular weight is 684 g/mol. The molecule has 0 nitrogen and oxygen atoms in total. The Morgan fingerprint density at radius 2 is 1.19 bits per heavy atom. The van der Waals surface area contributed by atoms with Crippen LogP contribution in [0.1, 0.15) is 70.2 Å². The molecule has 0 saturated carbocycles. The summed E-state index contributed by atoms with van der Waals surface area (Å²) < 4.78 is 1.12. The molecule has 0 amide bonds. The van der Waals surface area contributed by atoms with Gasteiger partial charge in [0.15, 0.2) is 0 Å². The van der Waals surface area contributed by atoms with Crippen molar-refractivity contribution >= 4 is 26.7 Å². The van der Waals surface area contributed by atoms with Crippen molar-refractivity contribution in [2.24, 2.45) is 0 Å². The minimum Gasteiger partial charge on any atom is -0.0651 e. The lowest BCUT2D eigenvalue weighted by Gasteiger charge is -2.34. The van der Waals surface area contributed by atoms with Crippen molar-refractivity contribution in [3.05, 3.63) is 213 Å². The maximum Gasteiger partial charge on any atom is 0.0713 e. The summed E-state index contributed by atoms with van der Waals surface area (Å²) in [4.78, 5) is 0. The fourth-order valence-corrected chi connectivity index (χ4v) is 8.60. The van der Waals surface area contributed by atoms with Gasteiger partial charge in [-0.3, -0.25) is 0 Å². The Bertz CT molecular complexity index is 2160. The van der Waals surface area contributed by atoms with Gasteiger partial charge in [-0.05, 0) is 97.8 Å². The lowest BCUT2D eigenvalue weighted by atomic mass is 9.67. The maximum absolute atomic E-state index is 3.64. The minimum absolute atomic E-state index is 0.229. The number of hydrogen-bond donors (Lipinski definition) is 0. The summed E-state index contributed by atoms with van der Waals surface area (Å²) in [5.74, 6) is 0.229. The van der Waals surface area contributed by atoms with Gasteiger partial charge in [-0.2, -0.15) is 0 Å². The molecule has 7 aromatic rings. The Morgan fingerprint density at radius 1 is 0.542 bits per heavy atom. The van der Waals surface area contributed by atoms with Crippen LogP contribution in [0.25, 0.3) is 21.9 Å². The fraction of sp³-hybridized carbons (Fsp3) is 0.149. The topological polar surface area (TPSA) is 0 Å². The number of rotatable bonds is 9. The minimum atomic E-state index is -0.409. The van der Waals surface area contributed by atoms with Crippen LogP contribution in [-0.2, 0) is 18.3 Å². The van der Waals surface area contributed by atoms with Gasteiger partial charge in [0.1, 0.15) is 0 Å². The summed E-state index contributed by atoms with van der Waals surface area (Å²) in [6, 6.07) is 61.5. The van der Waals surface area contributed by atoms with Crippen molar-refractivity contribution in [3.63, 3.8) is 0 Å². The van der Waals surface area contributed by atoms with Crippen molar-refractivity contribution in [1.82, 2.24) is 0 Å². The summed E-state index contributed by atoms with van der Waals surface area (Å²) >= 11 is 3.64. The van der Waals surface area contributed by atoms with E-state index in [0.717, 1.165) is 30.2 Å². The largest absolute Gasteiger partial charge is 0.0713 e. The molecule has 0 heterocycles. The van der Waals surface area contributed by atoms with E-state index in [1.807, 2.05) is 0 Å². The molecule has 0 spiro atoms. The Hall–Kier alpha value is -4.72. The average Bonchev–Trinajstić information content (AvgIpc) is 3.44. The third-order valence-corrected chi connectivity index (χ3v) is 11.0. The van der Waals surface area contributed by atoms with Gasteiger partial charge < -0.3 is 0 Å². The van der Waals surface area contributed by atoms with Gasteiger partial charge in [0, 0.05) is 10.4 Å². The van der Waals surface area contributed by atoms with Gasteiger partial charge in [0.05, 0.1) is 5.41 Å².